The van der Waals surface area contributed by atoms with Crippen LogP contribution in [-0.2, 0) is 15.8 Å². The minimum Gasteiger partial charge on any atom is -0.481 e. The quantitative estimate of drug-likeness (QED) is 0.379. The van der Waals surface area contributed by atoms with E-state index >= 15 is 0 Å². The summed E-state index contributed by atoms with van der Waals surface area (Å²) in [4.78, 5) is 20.3. The molecule has 1 aliphatic carbocycles. The van der Waals surface area contributed by atoms with Crippen LogP contribution in [0.5, 0.6) is 0 Å². The Balaban J connectivity index is 0.000000241. The summed E-state index contributed by atoms with van der Waals surface area (Å²) in [5.41, 5.74) is -1.38. The maximum absolute atomic E-state index is 12.8. The third kappa shape index (κ3) is 9.87. The van der Waals surface area contributed by atoms with Gasteiger partial charge in [0.15, 0.2) is 0 Å². The summed E-state index contributed by atoms with van der Waals surface area (Å²) >= 11 is 3.31. The van der Waals surface area contributed by atoms with Gasteiger partial charge in [0.05, 0.1) is 17.2 Å². The lowest BCUT2D eigenvalue weighted by Gasteiger charge is -2.16. The number of hydrogen-bond acceptors (Lipinski definition) is 2. The molecule has 0 atom stereocenters. The van der Waals surface area contributed by atoms with E-state index in [1.807, 2.05) is 35.6 Å². The fraction of sp³-hybridized carbons (Fsp3) is 0.333. The SMILES string of the molecule is Brc1ccccc1.O=C(O)C1CCCCC1.O=CNc1ccc(C(F)(F)F)cc1F. The molecule has 2 aromatic carbocycles. The summed E-state index contributed by atoms with van der Waals surface area (Å²) in [5.74, 6) is -1.75. The molecule has 30 heavy (non-hydrogen) atoms. The Morgan fingerprint density at radius 1 is 1.07 bits per heavy atom. The Morgan fingerprint density at radius 3 is 2.03 bits per heavy atom. The summed E-state index contributed by atoms with van der Waals surface area (Å²) in [6.07, 6.45) is 0.842. The number of benzene rings is 2. The van der Waals surface area contributed by atoms with Gasteiger partial charge in [-0.3, -0.25) is 9.59 Å². The number of carbonyl (C=O) groups is 2. The number of amides is 1. The van der Waals surface area contributed by atoms with E-state index in [0.717, 1.165) is 36.2 Å². The van der Waals surface area contributed by atoms with Crippen molar-refractivity contribution in [3.63, 3.8) is 0 Å². The molecule has 3 rings (SSSR count). The van der Waals surface area contributed by atoms with E-state index in [-0.39, 0.29) is 18.0 Å². The lowest BCUT2D eigenvalue weighted by molar-refractivity contribution is -0.142. The zero-order valence-corrected chi connectivity index (χ0v) is 17.5. The van der Waals surface area contributed by atoms with Gasteiger partial charge in [0.1, 0.15) is 5.82 Å². The predicted octanol–water partition coefficient (Wildman–Crippen LogP) is 6.51. The highest BCUT2D eigenvalue weighted by atomic mass is 79.9. The number of carboxylic acid groups (broad SMARTS) is 1. The lowest BCUT2D eigenvalue weighted by atomic mass is 9.90. The summed E-state index contributed by atoms with van der Waals surface area (Å²) in [5, 5.41) is 10.5. The van der Waals surface area contributed by atoms with Crippen LogP contribution in [0.1, 0.15) is 37.7 Å². The Labute approximate surface area is 180 Å². The van der Waals surface area contributed by atoms with E-state index in [1.165, 1.54) is 6.42 Å². The standard InChI is InChI=1S/C8H5F4NO.C7H12O2.C6H5Br/c9-6-3-5(8(10,11)12)1-2-7(6)13-4-14;8-7(9)6-4-2-1-3-5-6;7-6-4-2-1-3-5-6/h1-4H,(H,13,14);6H,1-5H2,(H,8,9);1-5H. The highest BCUT2D eigenvalue weighted by Crippen LogP contribution is 2.31. The number of nitrogens with one attached hydrogen (secondary N) is 1. The maximum Gasteiger partial charge on any atom is 0.416 e. The Hall–Kier alpha value is -2.42. The molecule has 0 radical (unpaired) electrons. The van der Waals surface area contributed by atoms with Gasteiger partial charge in [0.2, 0.25) is 6.41 Å². The zero-order valence-electron chi connectivity index (χ0n) is 16.0. The van der Waals surface area contributed by atoms with Crippen LogP contribution in [0.15, 0.2) is 53.0 Å². The van der Waals surface area contributed by atoms with E-state index < -0.39 is 23.5 Å². The molecule has 1 amide bonds. The van der Waals surface area contributed by atoms with Crippen molar-refractivity contribution >= 4 is 34.0 Å². The summed E-state index contributed by atoms with van der Waals surface area (Å²) in [7, 11) is 0. The third-order valence-electron chi connectivity index (χ3n) is 4.20. The van der Waals surface area contributed by atoms with Crippen LogP contribution in [-0.4, -0.2) is 17.5 Å². The molecule has 1 saturated carbocycles. The minimum atomic E-state index is -4.58. The number of halogens is 5. The molecule has 0 saturated heterocycles. The van der Waals surface area contributed by atoms with E-state index in [1.54, 1.807) is 0 Å². The molecule has 0 heterocycles. The molecule has 0 aliphatic heterocycles. The normalized spacial score (nSPS) is 13.8. The van der Waals surface area contributed by atoms with Crippen LogP contribution < -0.4 is 5.32 Å². The van der Waals surface area contributed by atoms with E-state index in [9.17, 15) is 27.2 Å². The van der Waals surface area contributed by atoms with Crippen LogP contribution in [0.4, 0.5) is 23.2 Å². The first-order valence-corrected chi connectivity index (χ1v) is 9.94. The van der Waals surface area contributed by atoms with E-state index in [0.29, 0.717) is 12.1 Å². The smallest absolute Gasteiger partial charge is 0.416 e. The van der Waals surface area contributed by atoms with Crippen molar-refractivity contribution in [1.29, 1.82) is 0 Å². The second-order valence-electron chi connectivity index (χ2n) is 6.42. The van der Waals surface area contributed by atoms with Gasteiger partial charge in [-0.1, -0.05) is 53.4 Å². The predicted molar refractivity (Wildman–Crippen MR) is 109 cm³/mol. The topological polar surface area (TPSA) is 66.4 Å². The van der Waals surface area contributed by atoms with Crippen LogP contribution in [0, 0.1) is 11.7 Å². The van der Waals surface area contributed by atoms with Gasteiger partial charge < -0.3 is 10.4 Å². The summed E-state index contributed by atoms with van der Waals surface area (Å²) in [6.45, 7) is 0. The number of alkyl halides is 3. The molecule has 2 aromatic rings. The molecule has 0 spiro atoms. The number of rotatable bonds is 3. The van der Waals surface area contributed by atoms with Crippen LogP contribution in [0.2, 0.25) is 0 Å². The fourth-order valence-electron chi connectivity index (χ4n) is 2.64. The zero-order chi connectivity index (χ0) is 22.6. The molecule has 0 bridgehead atoms. The monoisotopic (exact) mass is 491 g/mol. The van der Waals surface area contributed by atoms with Gasteiger partial charge in [0.25, 0.3) is 0 Å². The van der Waals surface area contributed by atoms with Gasteiger partial charge in [-0.05, 0) is 43.2 Å². The molecular weight excluding hydrogens is 470 g/mol. The number of carboxylic acids is 1. The minimum absolute atomic E-state index is 0.0289. The van der Waals surface area contributed by atoms with Crippen molar-refractivity contribution in [3.8, 4) is 0 Å². The number of carbonyl (C=O) groups excluding carboxylic acids is 1. The van der Waals surface area contributed by atoms with Crippen molar-refractivity contribution in [3.05, 3.63) is 64.4 Å². The van der Waals surface area contributed by atoms with Crippen molar-refractivity contribution in [1.82, 2.24) is 0 Å². The van der Waals surface area contributed by atoms with E-state index in [4.69, 9.17) is 5.11 Å². The van der Waals surface area contributed by atoms with Gasteiger partial charge in [-0.25, -0.2) is 4.39 Å². The van der Waals surface area contributed by atoms with Gasteiger partial charge >= 0.3 is 12.1 Å². The van der Waals surface area contributed by atoms with Crippen LogP contribution in [0.3, 0.4) is 0 Å². The van der Waals surface area contributed by atoms with Crippen molar-refractivity contribution in [2.75, 3.05) is 5.32 Å². The first kappa shape index (κ1) is 25.6. The highest BCUT2D eigenvalue weighted by molar-refractivity contribution is 9.10. The molecule has 9 heteroatoms. The molecule has 0 aromatic heterocycles. The van der Waals surface area contributed by atoms with Crippen molar-refractivity contribution < 1.29 is 32.3 Å². The molecule has 2 N–H and O–H groups in total. The number of hydrogen-bond donors (Lipinski definition) is 2. The third-order valence-corrected chi connectivity index (χ3v) is 4.73. The Bertz CT molecular complexity index is 795. The second-order valence-corrected chi connectivity index (χ2v) is 7.34. The Morgan fingerprint density at radius 2 is 1.67 bits per heavy atom. The number of anilines is 1. The molecular formula is C21H22BrF4NO3. The molecule has 164 valence electrons. The van der Waals surface area contributed by atoms with Gasteiger partial charge in [-0.2, -0.15) is 13.2 Å². The van der Waals surface area contributed by atoms with Gasteiger partial charge in [0, 0.05) is 4.47 Å². The van der Waals surface area contributed by atoms with Crippen LogP contribution >= 0.6 is 15.9 Å². The second kappa shape index (κ2) is 13.0. The maximum atomic E-state index is 12.8. The first-order chi connectivity index (χ1) is 14.1. The van der Waals surface area contributed by atoms with Crippen LogP contribution in [0.25, 0.3) is 0 Å². The average Bonchev–Trinajstić information content (AvgIpc) is 2.71. The largest absolute Gasteiger partial charge is 0.481 e. The summed E-state index contributed by atoms with van der Waals surface area (Å²) < 4.78 is 50.1. The fourth-order valence-corrected chi connectivity index (χ4v) is 2.94. The highest BCUT2D eigenvalue weighted by Gasteiger charge is 2.31. The van der Waals surface area contributed by atoms with E-state index in [2.05, 4.69) is 15.9 Å². The average molecular weight is 492 g/mol. The molecule has 4 nitrogen and oxygen atoms in total. The summed E-state index contributed by atoms with van der Waals surface area (Å²) in [6, 6.07) is 11.8. The molecule has 1 aliphatic rings. The van der Waals surface area contributed by atoms with Gasteiger partial charge in [-0.15, -0.1) is 0 Å². The first-order valence-electron chi connectivity index (χ1n) is 9.15. The van der Waals surface area contributed by atoms with Crippen molar-refractivity contribution in [2.24, 2.45) is 5.92 Å². The number of aliphatic carboxylic acids is 1. The Kier molecular flexibility index (Phi) is 11.1. The lowest BCUT2D eigenvalue weighted by Crippen LogP contribution is -2.16. The molecule has 0 unspecified atom stereocenters. The van der Waals surface area contributed by atoms with Crippen molar-refractivity contribution in [2.45, 2.75) is 38.3 Å². The molecule has 1 fully saturated rings.